The second-order valence-electron chi connectivity index (χ2n) is 7.29. The first-order valence-electron chi connectivity index (χ1n) is 9.34. The zero-order chi connectivity index (χ0) is 21.2. The SMILES string of the molecule is Cc1cc(C)cc(NC(=O)CC(C)S(=O)(=O)c2ccc3c(c2)NC(=O)CCS3)c1. The highest BCUT2D eigenvalue weighted by atomic mass is 32.2. The summed E-state index contributed by atoms with van der Waals surface area (Å²) in [6, 6.07) is 10.4. The number of aryl methyl sites for hydroxylation is 2. The summed E-state index contributed by atoms with van der Waals surface area (Å²) in [6.45, 7) is 5.39. The Morgan fingerprint density at radius 1 is 1.17 bits per heavy atom. The number of benzene rings is 2. The molecule has 1 atom stereocenters. The molecule has 1 unspecified atom stereocenters. The van der Waals surface area contributed by atoms with Crippen molar-refractivity contribution in [2.45, 2.75) is 48.7 Å². The van der Waals surface area contributed by atoms with Gasteiger partial charge in [-0.15, -0.1) is 11.8 Å². The van der Waals surface area contributed by atoms with Crippen molar-refractivity contribution >= 4 is 44.8 Å². The van der Waals surface area contributed by atoms with Crippen molar-refractivity contribution in [3.05, 3.63) is 47.5 Å². The molecule has 2 aromatic carbocycles. The van der Waals surface area contributed by atoms with Gasteiger partial charge < -0.3 is 10.6 Å². The van der Waals surface area contributed by atoms with Crippen LogP contribution in [-0.4, -0.2) is 31.2 Å². The highest BCUT2D eigenvalue weighted by Crippen LogP contribution is 2.33. The summed E-state index contributed by atoms with van der Waals surface area (Å²) in [6.07, 6.45) is 0.226. The zero-order valence-electron chi connectivity index (χ0n) is 16.6. The van der Waals surface area contributed by atoms with Gasteiger partial charge in [0.15, 0.2) is 9.84 Å². The van der Waals surface area contributed by atoms with Crippen LogP contribution in [0.25, 0.3) is 0 Å². The molecule has 2 aromatic rings. The van der Waals surface area contributed by atoms with Gasteiger partial charge in [-0.1, -0.05) is 6.07 Å². The maximum Gasteiger partial charge on any atom is 0.225 e. The van der Waals surface area contributed by atoms with Gasteiger partial charge in [-0.2, -0.15) is 0 Å². The van der Waals surface area contributed by atoms with Gasteiger partial charge in [0.05, 0.1) is 15.8 Å². The summed E-state index contributed by atoms with van der Waals surface area (Å²) in [5.74, 6) is 0.163. The lowest BCUT2D eigenvalue weighted by Crippen LogP contribution is -2.25. The minimum Gasteiger partial charge on any atom is -0.326 e. The number of anilines is 2. The monoisotopic (exact) mass is 432 g/mol. The van der Waals surface area contributed by atoms with Crippen LogP contribution in [0.1, 0.15) is 30.9 Å². The minimum atomic E-state index is -3.73. The van der Waals surface area contributed by atoms with E-state index in [9.17, 15) is 18.0 Å². The smallest absolute Gasteiger partial charge is 0.225 e. The fourth-order valence-corrected chi connectivity index (χ4v) is 5.55. The van der Waals surface area contributed by atoms with E-state index in [0.29, 0.717) is 23.5 Å². The number of thioether (sulfide) groups is 1. The molecule has 2 N–H and O–H groups in total. The van der Waals surface area contributed by atoms with Crippen LogP contribution in [0.3, 0.4) is 0 Å². The lowest BCUT2D eigenvalue weighted by molar-refractivity contribution is -0.116. The number of carbonyl (C=O) groups excluding carboxylic acids is 2. The van der Waals surface area contributed by atoms with E-state index in [2.05, 4.69) is 10.6 Å². The third-order valence-corrected chi connectivity index (χ3v) is 7.86. The fraction of sp³-hybridized carbons (Fsp3) is 0.333. The number of carbonyl (C=O) groups is 2. The molecule has 0 bridgehead atoms. The molecule has 1 aliphatic heterocycles. The molecule has 0 radical (unpaired) electrons. The lowest BCUT2D eigenvalue weighted by Gasteiger charge is -2.15. The van der Waals surface area contributed by atoms with Crippen molar-refractivity contribution in [3.63, 3.8) is 0 Å². The summed E-state index contributed by atoms with van der Waals surface area (Å²) in [5.41, 5.74) is 3.20. The summed E-state index contributed by atoms with van der Waals surface area (Å²) >= 11 is 1.51. The van der Waals surface area contributed by atoms with E-state index in [4.69, 9.17) is 0 Å². The molecule has 0 fully saturated rings. The van der Waals surface area contributed by atoms with Crippen LogP contribution < -0.4 is 10.6 Å². The Hall–Kier alpha value is -2.32. The van der Waals surface area contributed by atoms with Gasteiger partial charge in [-0.3, -0.25) is 9.59 Å². The largest absolute Gasteiger partial charge is 0.326 e. The zero-order valence-corrected chi connectivity index (χ0v) is 18.2. The third-order valence-electron chi connectivity index (χ3n) is 4.65. The molecule has 29 heavy (non-hydrogen) atoms. The molecule has 8 heteroatoms. The minimum absolute atomic E-state index is 0.103. The van der Waals surface area contributed by atoms with E-state index in [0.717, 1.165) is 16.0 Å². The molecule has 154 valence electrons. The molecular formula is C21H24N2O4S2. The topological polar surface area (TPSA) is 92.3 Å². The van der Waals surface area contributed by atoms with Gasteiger partial charge in [0.1, 0.15) is 0 Å². The molecular weight excluding hydrogens is 408 g/mol. The first-order chi connectivity index (χ1) is 13.6. The summed E-state index contributed by atoms with van der Waals surface area (Å²) < 4.78 is 26.0. The van der Waals surface area contributed by atoms with E-state index in [-0.39, 0.29) is 23.1 Å². The van der Waals surface area contributed by atoms with Crippen molar-refractivity contribution in [2.75, 3.05) is 16.4 Å². The third kappa shape index (κ3) is 5.19. The van der Waals surface area contributed by atoms with Gasteiger partial charge in [0.25, 0.3) is 0 Å². The van der Waals surface area contributed by atoms with Crippen LogP contribution in [0.4, 0.5) is 11.4 Å². The molecule has 1 aliphatic rings. The molecule has 0 saturated carbocycles. The van der Waals surface area contributed by atoms with E-state index in [1.54, 1.807) is 6.07 Å². The lowest BCUT2D eigenvalue weighted by atomic mass is 10.1. The van der Waals surface area contributed by atoms with Gasteiger partial charge in [0, 0.05) is 29.2 Å². The number of nitrogens with one attached hydrogen (secondary N) is 2. The number of hydrogen-bond acceptors (Lipinski definition) is 5. The summed E-state index contributed by atoms with van der Waals surface area (Å²) in [7, 11) is -3.73. The molecule has 2 amide bonds. The van der Waals surface area contributed by atoms with E-state index >= 15 is 0 Å². The van der Waals surface area contributed by atoms with E-state index < -0.39 is 15.1 Å². The second kappa shape index (κ2) is 8.59. The Morgan fingerprint density at radius 3 is 2.55 bits per heavy atom. The average Bonchev–Trinajstić information content (AvgIpc) is 2.80. The van der Waals surface area contributed by atoms with Gasteiger partial charge in [-0.25, -0.2) is 8.42 Å². The Kier molecular flexibility index (Phi) is 6.33. The molecule has 3 rings (SSSR count). The van der Waals surface area contributed by atoms with E-state index in [1.165, 1.54) is 30.8 Å². The maximum atomic E-state index is 13.0. The summed E-state index contributed by atoms with van der Waals surface area (Å²) in [5, 5.41) is 4.63. The number of hydrogen-bond donors (Lipinski definition) is 2. The van der Waals surface area contributed by atoms with Crippen LogP contribution in [-0.2, 0) is 19.4 Å². The van der Waals surface area contributed by atoms with Gasteiger partial charge in [-0.05, 0) is 62.2 Å². The predicted molar refractivity (Wildman–Crippen MR) is 116 cm³/mol. The summed E-state index contributed by atoms with van der Waals surface area (Å²) in [4.78, 5) is 25.1. The van der Waals surface area contributed by atoms with Gasteiger partial charge >= 0.3 is 0 Å². The maximum absolute atomic E-state index is 13.0. The van der Waals surface area contributed by atoms with Crippen molar-refractivity contribution in [1.29, 1.82) is 0 Å². The highest BCUT2D eigenvalue weighted by Gasteiger charge is 2.27. The normalized spacial score (nSPS) is 15.1. The molecule has 0 aromatic heterocycles. The van der Waals surface area contributed by atoms with Crippen molar-refractivity contribution in [2.24, 2.45) is 0 Å². The Balaban J connectivity index is 1.75. The van der Waals surface area contributed by atoms with Crippen molar-refractivity contribution in [1.82, 2.24) is 0 Å². The van der Waals surface area contributed by atoms with Crippen LogP contribution in [0.2, 0.25) is 0 Å². The predicted octanol–water partition coefficient (Wildman–Crippen LogP) is 3.93. The Labute approximate surface area is 175 Å². The van der Waals surface area contributed by atoms with Crippen molar-refractivity contribution < 1.29 is 18.0 Å². The number of rotatable bonds is 5. The van der Waals surface area contributed by atoms with Crippen molar-refractivity contribution in [3.8, 4) is 0 Å². The number of sulfone groups is 1. The molecule has 6 nitrogen and oxygen atoms in total. The van der Waals surface area contributed by atoms with Crippen LogP contribution in [0.5, 0.6) is 0 Å². The second-order valence-corrected chi connectivity index (χ2v) is 10.8. The quantitative estimate of drug-likeness (QED) is 0.747. The first kappa shape index (κ1) is 21.4. The molecule has 1 heterocycles. The number of amides is 2. The molecule has 0 spiro atoms. The Morgan fingerprint density at radius 2 is 1.86 bits per heavy atom. The number of fused-ring (bicyclic) bond motifs is 1. The molecule has 0 aliphatic carbocycles. The van der Waals surface area contributed by atoms with E-state index in [1.807, 2.05) is 32.0 Å². The van der Waals surface area contributed by atoms with Gasteiger partial charge in [0.2, 0.25) is 11.8 Å². The highest BCUT2D eigenvalue weighted by molar-refractivity contribution is 7.99. The first-order valence-corrected chi connectivity index (χ1v) is 11.9. The van der Waals surface area contributed by atoms with Crippen LogP contribution in [0.15, 0.2) is 46.2 Å². The standard InChI is InChI=1S/C21H24N2O4S2/c1-13-8-14(2)10-16(9-13)22-21(25)11-15(3)29(26,27)17-4-5-19-18(12-17)23-20(24)6-7-28-19/h4-5,8-10,12,15H,6-7,11H2,1-3H3,(H,22,25)(H,23,24). The fourth-order valence-electron chi connectivity index (χ4n) is 3.24. The Bertz CT molecular complexity index is 1040. The average molecular weight is 433 g/mol. The molecule has 0 saturated heterocycles. The van der Waals surface area contributed by atoms with Crippen LogP contribution >= 0.6 is 11.8 Å². The van der Waals surface area contributed by atoms with Crippen LogP contribution in [0, 0.1) is 13.8 Å².